The Morgan fingerprint density at radius 2 is 1.82 bits per heavy atom. The summed E-state index contributed by atoms with van der Waals surface area (Å²) < 4.78 is 0. The fourth-order valence-corrected chi connectivity index (χ4v) is 5.67. The van der Waals surface area contributed by atoms with Gasteiger partial charge in [-0.3, -0.25) is 14.9 Å². The van der Waals surface area contributed by atoms with Crippen LogP contribution in [-0.4, -0.2) is 33.9 Å². The van der Waals surface area contributed by atoms with E-state index < -0.39 is 29.5 Å². The minimum atomic E-state index is -1.44. The van der Waals surface area contributed by atoms with Crippen molar-refractivity contribution in [3.63, 3.8) is 0 Å². The first kappa shape index (κ1) is 21.6. The van der Waals surface area contributed by atoms with E-state index in [2.05, 4.69) is 17.6 Å². The van der Waals surface area contributed by atoms with Crippen LogP contribution < -0.4 is 10.6 Å². The molecule has 7 nitrogen and oxygen atoms in total. The lowest BCUT2D eigenvalue weighted by atomic mass is 9.78. The minimum absolute atomic E-state index is 0.0482. The van der Waals surface area contributed by atoms with Crippen molar-refractivity contribution in [1.29, 1.82) is 0 Å². The van der Waals surface area contributed by atoms with Crippen molar-refractivity contribution in [2.24, 2.45) is 11.8 Å². The van der Waals surface area contributed by atoms with Gasteiger partial charge in [0.1, 0.15) is 0 Å². The van der Waals surface area contributed by atoms with Crippen molar-refractivity contribution in [3.05, 3.63) is 71.3 Å². The predicted molar refractivity (Wildman–Crippen MR) is 122 cm³/mol. The van der Waals surface area contributed by atoms with Crippen LogP contribution in [0.2, 0.25) is 0 Å². The monoisotopic (exact) mass is 447 g/mol. The Morgan fingerprint density at radius 3 is 2.45 bits per heavy atom. The molecule has 3 N–H and O–H groups in total. The molecule has 172 valence electrons. The molecule has 1 heterocycles. The molecule has 2 aromatic rings. The van der Waals surface area contributed by atoms with E-state index in [1.807, 2.05) is 35.2 Å². The van der Waals surface area contributed by atoms with Crippen molar-refractivity contribution in [1.82, 2.24) is 15.5 Å². The summed E-state index contributed by atoms with van der Waals surface area (Å²) in [6.07, 6.45) is 2.29. The molecule has 7 heteroatoms. The Bertz CT molecular complexity index is 1080. The number of aliphatic hydroxyl groups excluding tert-OH is 1. The van der Waals surface area contributed by atoms with Crippen LogP contribution in [0.15, 0.2) is 54.6 Å². The van der Waals surface area contributed by atoms with E-state index in [0.717, 1.165) is 18.4 Å². The van der Waals surface area contributed by atoms with E-state index in [4.69, 9.17) is 0 Å². The fourth-order valence-electron chi connectivity index (χ4n) is 5.67. The third-order valence-electron chi connectivity index (χ3n) is 7.77. The highest BCUT2D eigenvalue weighted by Gasteiger charge is 2.61. The van der Waals surface area contributed by atoms with Crippen molar-refractivity contribution < 1.29 is 19.5 Å². The molecule has 2 fully saturated rings. The lowest BCUT2D eigenvalue weighted by molar-refractivity contribution is -0.140. The maximum atomic E-state index is 13.8. The van der Waals surface area contributed by atoms with Crippen LogP contribution in [0.3, 0.4) is 0 Å². The topological polar surface area (TPSA) is 98.7 Å². The van der Waals surface area contributed by atoms with Crippen LogP contribution in [0.4, 0.5) is 4.79 Å². The van der Waals surface area contributed by atoms with Gasteiger partial charge in [-0.25, -0.2) is 4.79 Å². The average Bonchev–Trinajstić information content (AvgIpc) is 3.20. The zero-order valence-electron chi connectivity index (χ0n) is 18.7. The third-order valence-corrected chi connectivity index (χ3v) is 7.77. The van der Waals surface area contributed by atoms with Crippen molar-refractivity contribution in [2.45, 2.75) is 56.8 Å². The van der Waals surface area contributed by atoms with Gasteiger partial charge in [-0.2, -0.15) is 0 Å². The Hall–Kier alpha value is -3.19. The van der Waals surface area contributed by atoms with Crippen LogP contribution in [0.5, 0.6) is 0 Å². The van der Waals surface area contributed by atoms with Crippen LogP contribution in [0.1, 0.15) is 55.4 Å². The number of nitrogens with one attached hydrogen (secondary N) is 2. The third kappa shape index (κ3) is 3.51. The summed E-state index contributed by atoms with van der Waals surface area (Å²) >= 11 is 0. The summed E-state index contributed by atoms with van der Waals surface area (Å²) in [6, 6.07) is 16.4. The second-order valence-corrected chi connectivity index (χ2v) is 9.50. The maximum Gasteiger partial charge on any atom is 0.322 e. The highest BCUT2D eigenvalue weighted by atomic mass is 16.3. The first-order valence-electron chi connectivity index (χ1n) is 11.7. The smallest absolute Gasteiger partial charge is 0.322 e. The van der Waals surface area contributed by atoms with Crippen molar-refractivity contribution >= 4 is 17.8 Å². The second-order valence-electron chi connectivity index (χ2n) is 9.50. The molecule has 0 bridgehead atoms. The summed E-state index contributed by atoms with van der Waals surface area (Å²) in [6.45, 7) is 2.56. The molecule has 1 aliphatic heterocycles. The van der Waals surface area contributed by atoms with E-state index in [1.165, 1.54) is 6.42 Å². The van der Waals surface area contributed by atoms with E-state index in [9.17, 15) is 19.5 Å². The van der Waals surface area contributed by atoms with Crippen LogP contribution in [0.25, 0.3) is 0 Å². The number of amides is 4. The molecule has 5 rings (SSSR count). The van der Waals surface area contributed by atoms with Crippen LogP contribution in [0, 0.1) is 11.8 Å². The number of fused-ring (bicyclic) bond motifs is 2. The predicted octanol–water partition coefficient (Wildman–Crippen LogP) is 2.99. The Balaban J connectivity index is 1.47. The number of rotatable bonds is 6. The number of benzene rings is 2. The van der Waals surface area contributed by atoms with E-state index in [0.29, 0.717) is 23.6 Å². The zero-order valence-corrected chi connectivity index (χ0v) is 18.7. The molecule has 2 aromatic carbocycles. The van der Waals surface area contributed by atoms with Gasteiger partial charge in [0.15, 0.2) is 5.54 Å². The number of carbonyl (C=O) groups is 3. The number of aliphatic hydroxyl groups is 1. The lowest BCUT2D eigenvalue weighted by Crippen LogP contribution is -2.51. The molecule has 1 spiro atoms. The first-order valence-corrected chi connectivity index (χ1v) is 11.7. The number of carbonyl (C=O) groups excluding carboxylic acids is 3. The Labute approximate surface area is 193 Å². The molecule has 2 unspecified atom stereocenters. The Morgan fingerprint density at radius 1 is 1.12 bits per heavy atom. The number of urea groups is 1. The standard InChI is InChI=1S/C26H29N3O4/c1-16(18-10-7-11-18)29(15-17-8-3-2-4-9-17)22(30)14-21-23(31)19-12-5-6-13-20(19)26(21)24(32)27-25(33)28-26/h2-6,8-9,12-13,16,18,21,23,31H,7,10-11,14-15H2,1H3,(H2,27,28,32,33)/t16-,21?,23-,26?/m0/s1. The van der Waals surface area contributed by atoms with Gasteiger partial charge < -0.3 is 15.3 Å². The molecule has 4 atom stereocenters. The van der Waals surface area contributed by atoms with Crippen LogP contribution in [-0.2, 0) is 21.7 Å². The number of imide groups is 1. The maximum absolute atomic E-state index is 13.8. The highest BCUT2D eigenvalue weighted by Crippen LogP contribution is 2.51. The first-order chi connectivity index (χ1) is 15.9. The molecule has 0 radical (unpaired) electrons. The van der Waals surface area contributed by atoms with E-state index >= 15 is 0 Å². The molecule has 1 saturated carbocycles. The van der Waals surface area contributed by atoms with Gasteiger partial charge in [0.05, 0.1) is 6.10 Å². The number of nitrogens with zero attached hydrogens (tertiary/aromatic N) is 1. The zero-order chi connectivity index (χ0) is 23.2. The highest BCUT2D eigenvalue weighted by molar-refractivity contribution is 6.08. The summed E-state index contributed by atoms with van der Waals surface area (Å²) in [7, 11) is 0. The summed E-state index contributed by atoms with van der Waals surface area (Å²) in [5, 5.41) is 16.3. The largest absolute Gasteiger partial charge is 0.388 e. The number of hydrogen-bond donors (Lipinski definition) is 3. The van der Waals surface area contributed by atoms with E-state index in [-0.39, 0.29) is 18.4 Å². The molecule has 33 heavy (non-hydrogen) atoms. The van der Waals surface area contributed by atoms with Gasteiger partial charge in [0.2, 0.25) is 5.91 Å². The minimum Gasteiger partial charge on any atom is -0.388 e. The lowest BCUT2D eigenvalue weighted by Gasteiger charge is -2.40. The van der Waals surface area contributed by atoms with Gasteiger partial charge in [-0.1, -0.05) is 61.0 Å². The second kappa shape index (κ2) is 8.30. The summed E-state index contributed by atoms with van der Waals surface area (Å²) in [4.78, 5) is 40.9. The SMILES string of the molecule is C[C@@H](C1CCC1)N(Cc1ccccc1)C(=O)CC1[C@@H](O)c2ccccc2C12NC(=O)NC2=O. The normalized spacial score (nSPS) is 27.0. The molecule has 1 saturated heterocycles. The van der Waals surface area contributed by atoms with Gasteiger partial charge in [0, 0.05) is 24.9 Å². The quantitative estimate of drug-likeness (QED) is 0.593. The molecular formula is C26H29N3O4. The fraction of sp³-hybridized carbons (Fsp3) is 0.423. The molecule has 4 amide bonds. The van der Waals surface area contributed by atoms with Gasteiger partial charge in [-0.15, -0.1) is 0 Å². The molecular weight excluding hydrogens is 418 g/mol. The summed E-state index contributed by atoms with van der Waals surface area (Å²) in [5.74, 6) is -0.980. The average molecular weight is 448 g/mol. The van der Waals surface area contributed by atoms with Crippen molar-refractivity contribution in [3.8, 4) is 0 Å². The Kier molecular flexibility index (Phi) is 5.44. The number of hydrogen-bond acceptors (Lipinski definition) is 4. The molecule has 2 aliphatic carbocycles. The van der Waals surface area contributed by atoms with Crippen LogP contribution >= 0.6 is 0 Å². The van der Waals surface area contributed by atoms with E-state index in [1.54, 1.807) is 24.3 Å². The molecule has 3 aliphatic rings. The molecule has 0 aromatic heterocycles. The summed E-state index contributed by atoms with van der Waals surface area (Å²) in [5.41, 5.74) is 0.726. The van der Waals surface area contributed by atoms with Gasteiger partial charge in [0.25, 0.3) is 5.91 Å². The van der Waals surface area contributed by atoms with Crippen molar-refractivity contribution in [2.75, 3.05) is 0 Å². The van der Waals surface area contributed by atoms with Gasteiger partial charge in [-0.05, 0) is 42.4 Å². The van der Waals surface area contributed by atoms with Gasteiger partial charge >= 0.3 is 6.03 Å².